The van der Waals surface area contributed by atoms with Crippen LogP contribution in [0.15, 0.2) is 41.5 Å². The Hall–Kier alpha value is -2.23. The van der Waals surface area contributed by atoms with Crippen molar-refractivity contribution in [3.63, 3.8) is 0 Å². The van der Waals surface area contributed by atoms with Crippen LogP contribution in [-0.2, 0) is 6.42 Å². The largest absolute Gasteiger partial charge is 0.261 e. The van der Waals surface area contributed by atoms with Gasteiger partial charge < -0.3 is 0 Å². The normalized spacial score (nSPS) is 11.4. The number of hydrogen-bond donors (Lipinski definition) is 1. The molecule has 0 bridgehead atoms. The summed E-state index contributed by atoms with van der Waals surface area (Å²) in [6, 6.07) is 12.1. The lowest BCUT2D eigenvalue weighted by Crippen LogP contribution is -2.04. The van der Waals surface area contributed by atoms with Gasteiger partial charge in [-0.1, -0.05) is 37.3 Å². The fraction of sp³-hybridized carbons (Fsp3) is 0.312. The highest BCUT2D eigenvalue weighted by Gasteiger charge is 2.03. The van der Waals surface area contributed by atoms with Crippen molar-refractivity contribution in [1.29, 1.82) is 0 Å². The number of nitrogens with zero attached hydrogens (tertiary/aromatic N) is 3. The van der Waals surface area contributed by atoms with Crippen LogP contribution in [-0.4, -0.2) is 15.7 Å². The number of anilines is 1. The summed E-state index contributed by atoms with van der Waals surface area (Å²) in [5, 5.41) is 4.28. The molecule has 0 saturated heterocycles. The van der Waals surface area contributed by atoms with E-state index < -0.39 is 0 Å². The quantitative estimate of drug-likeness (QED) is 0.666. The van der Waals surface area contributed by atoms with Crippen LogP contribution in [0, 0.1) is 6.92 Å². The minimum Gasteiger partial charge on any atom is -0.261 e. The second-order valence-corrected chi connectivity index (χ2v) is 4.79. The van der Waals surface area contributed by atoms with Gasteiger partial charge in [-0.2, -0.15) is 5.10 Å². The second-order valence-electron chi connectivity index (χ2n) is 4.79. The molecule has 2 rings (SSSR count). The van der Waals surface area contributed by atoms with Gasteiger partial charge in [0.15, 0.2) is 0 Å². The lowest BCUT2D eigenvalue weighted by Gasteiger charge is -2.06. The molecule has 0 fully saturated rings. The molecule has 2 aromatic rings. The molecule has 20 heavy (non-hydrogen) atoms. The zero-order valence-electron chi connectivity index (χ0n) is 12.2. The average Bonchev–Trinajstić information content (AvgIpc) is 2.45. The van der Waals surface area contributed by atoms with Crippen LogP contribution in [0.5, 0.6) is 0 Å². The van der Waals surface area contributed by atoms with E-state index in [4.69, 9.17) is 0 Å². The van der Waals surface area contributed by atoms with Crippen LogP contribution in [0.3, 0.4) is 0 Å². The molecule has 0 aliphatic carbocycles. The Morgan fingerprint density at radius 3 is 2.65 bits per heavy atom. The third kappa shape index (κ3) is 4.16. The van der Waals surface area contributed by atoms with Crippen LogP contribution >= 0.6 is 0 Å². The van der Waals surface area contributed by atoms with Crippen LogP contribution < -0.4 is 5.43 Å². The summed E-state index contributed by atoms with van der Waals surface area (Å²) in [5.41, 5.74) is 6.19. The van der Waals surface area contributed by atoms with Crippen molar-refractivity contribution < 1.29 is 0 Å². The predicted molar refractivity (Wildman–Crippen MR) is 83.0 cm³/mol. The molecular formula is C16H20N4. The van der Waals surface area contributed by atoms with Crippen molar-refractivity contribution in [1.82, 2.24) is 9.97 Å². The Labute approximate surface area is 120 Å². The van der Waals surface area contributed by atoms with E-state index in [0.29, 0.717) is 0 Å². The van der Waals surface area contributed by atoms with E-state index in [9.17, 15) is 0 Å². The van der Waals surface area contributed by atoms with Crippen LogP contribution in [0.25, 0.3) is 0 Å². The van der Waals surface area contributed by atoms with Crippen molar-refractivity contribution in [3.05, 3.63) is 53.5 Å². The highest BCUT2D eigenvalue weighted by Crippen LogP contribution is 2.10. The maximum Gasteiger partial charge on any atom is 0.150 e. The molecule has 4 heteroatoms. The lowest BCUT2D eigenvalue weighted by molar-refractivity contribution is 0.940. The molecule has 0 spiro atoms. The van der Waals surface area contributed by atoms with Gasteiger partial charge in [-0.15, -0.1) is 0 Å². The van der Waals surface area contributed by atoms with E-state index >= 15 is 0 Å². The molecule has 0 atom stereocenters. The molecule has 1 aromatic heterocycles. The summed E-state index contributed by atoms with van der Waals surface area (Å²) < 4.78 is 0. The Bertz CT molecular complexity index is 591. The van der Waals surface area contributed by atoms with E-state index in [1.807, 2.05) is 38.1 Å². The minimum absolute atomic E-state index is 0.730. The summed E-state index contributed by atoms with van der Waals surface area (Å²) in [6.07, 6.45) is 1.65. The predicted octanol–water partition coefficient (Wildman–Crippen LogP) is 3.57. The first kappa shape index (κ1) is 14.2. The molecule has 1 aromatic carbocycles. The van der Waals surface area contributed by atoms with Gasteiger partial charge in [-0.25, -0.2) is 9.97 Å². The molecule has 1 heterocycles. The molecule has 0 unspecified atom stereocenters. The molecule has 0 aliphatic rings. The molecule has 1 N–H and O–H groups in total. The Balaban J connectivity index is 2.16. The topological polar surface area (TPSA) is 50.2 Å². The van der Waals surface area contributed by atoms with Gasteiger partial charge in [0, 0.05) is 23.9 Å². The van der Waals surface area contributed by atoms with E-state index in [1.165, 1.54) is 5.56 Å². The molecule has 0 amide bonds. The van der Waals surface area contributed by atoms with Crippen molar-refractivity contribution >= 4 is 11.5 Å². The molecule has 0 aliphatic heterocycles. The van der Waals surface area contributed by atoms with Crippen molar-refractivity contribution in [2.45, 2.75) is 33.6 Å². The minimum atomic E-state index is 0.730. The number of aryl methyl sites for hydroxylation is 1. The number of rotatable bonds is 5. The fourth-order valence-corrected chi connectivity index (χ4v) is 1.78. The van der Waals surface area contributed by atoms with E-state index in [2.05, 4.69) is 39.6 Å². The first-order chi connectivity index (χ1) is 9.67. The molecule has 0 saturated carbocycles. The standard InChI is InChI=1S/C16H20N4/c1-4-12(2)19-20-16-10-13(3)17-15(18-16)11-14-8-6-5-7-9-14/h5-10H,4,11H2,1-3H3,(H,17,18,20). The fourth-order valence-electron chi connectivity index (χ4n) is 1.78. The van der Waals surface area contributed by atoms with Gasteiger partial charge in [0.2, 0.25) is 0 Å². The van der Waals surface area contributed by atoms with Crippen LogP contribution in [0.4, 0.5) is 5.82 Å². The van der Waals surface area contributed by atoms with Gasteiger partial charge in [-0.05, 0) is 25.8 Å². The maximum absolute atomic E-state index is 4.51. The third-order valence-electron chi connectivity index (χ3n) is 2.98. The highest BCUT2D eigenvalue weighted by molar-refractivity contribution is 5.82. The maximum atomic E-state index is 4.51. The van der Waals surface area contributed by atoms with Crippen molar-refractivity contribution in [2.75, 3.05) is 5.43 Å². The SMILES string of the molecule is CCC(C)=NNc1cc(C)nc(Cc2ccccc2)n1. The summed E-state index contributed by atoms with van der Waals surface area (Å²) >= 11 is 0. The van der Waals surface area contributed by atoms with Gasteiger partial charge in [0.25, 0.3) is 0 Å². The van der Waals surface area contributed by atoms with Gasteiger partial charge >= 0.3 is 0 Å². The zero-order valence-corrected chi connectivity index (χ0v) is 12.2. The molecule has 0 radical (unpaired) electrons. The van der Waals surface area contributed by atoms with Crippen LogP contribution in [0.2, 0.25) is 0 Å². The third-order valence-corrected chi connectivity index (χ3v) is 2.98. The van der Waals surface area contributed by atoms with E-state index in [-0.39, 0.29) is 0 Å². The van der Waals surface area contributed by atoms with E-state index in [1.54, 1.807) is 0 Å². The molecule has 4 nitrogen and oxygen atoms in total. The van der Waals surface area contributed by atoms with Crippen molar-refractivity contribution in [3.8, 4) is 0 Å². The second kappa shape index (κ2) is 6.80. The smallest absolute Gasteiger partial charge is 0.150 e. The Morgan fingerprint density at radius 2 is 1.95 bits per heavy atom. The highest BCUT2D eigenvalue weighted by atomic mass is 15.3. The molecular weight excluding hydrogens is 248 g/mol. The van der Waals surface area contributed by atoms with E-state index in [0.717, 1.165) is 35.9 Å². The van der Waals surface area contributed by atoms with Crippen molar-refractivity contribution in [2.24, 2.45) is 5.10 Å². The Morgan fingerprint density at radius 1 is 1.20 bits per heavy atom. The monoisotopic (exact) mass is 268 g/mol. The Kier molecular flexibility index (Phi) is 4.82. The van der Waals surface area contributed by atoms with Gasteiger partial charge in [0.05, 0.1) is 0 Å². The zero-order chi connectivity index (χ0) is 14.4. The molecule has 104 valence electrons. The summed E-state index contributed by atoms with van der Waals surface area (Å²) in [7, 11) is 0. The number of nitrogens with one attached hydrogen (secondary N) is 1. The number of aromatic nitrogens is 2. The van der Waals surface area contributed by atoms with Crippen LogP contribution in [0.1, 0.15) is 37.4 Å². The number of hydrogen-bond acceptors (Lipinski definition) is 4. The lowest BCUT2D eigenvalue weighted by atomic mass is 10.1. The van der Waals surface area contributed by atoms with Gasteiger partial charge in [-0.3, -0.25) is 5.43 Å². The summed E-state index contributed by atoms with van der Waals surface area (Å²) in [4.78, 5) is 8.98. The first-order valence-electron chi connectivity index (χ1n) is 6.85. The number of hydrazone groups is 1. The first-order valence-corrected chi connectivity index (χ1v) is 6.85. The van der Waals surface area contributed by atoms with Gasteiger partial charge in [0.1, 0.15) is 11.6 Å². The average molecular weight is 268 g/mol. The summed E-state index contributed by atoms with van der Waals surface area (Å²) in [6.45, 7) is 6.04. The number of benzene rings is 1. The summed E-state index contributed by atoms with van der Waals surface area (Å²) in [5.74, 6) is 1.55.